The van der Waals surface area contributed by atoms with E-state index in [0.717, 1.165) is 36.3 Å². The van der Waals surface area contributed by atoms with E-state index in [4.69, 9.17) is 4.99 Å². The largest absolute Gasteiger partial charge is 0.374 e. The van der Waals surface area contributed by atoms with Crippen LogP contribution in [0.1, 0.15) is 40.1 Å². The van der Waals surface area contributed by atoms with Crippen molar-refractivity contribution in [3.05, 3.63) is 44.9 Å². The number of nitrogens with zero attached hydrogens (tertiary/aromatic N) is 3. The number of thiazole rings is 1. The highest BCUT2D eigenvalue weighted by atomic mass is 32.1. The molecular formula is C20H29N5S. The number of fused-ring (bicyclic) bond motifs is 1. The number of aryl methyl sites for hydroxylation is 3. The Morgan fingerprint density at radius 3 is 2.88 bits per heavy atom. The van der Waals surface area contributed by atoms with Gasteiger partial charge >= 0.3 is 0 Å². The van der Waals surface area contributed by atoms with Gasteiger partial charge in [-0.2, -0.15) is 0 Å². The lowest BCUT2D eigenvalue weighted by Crippen LogP contribution is -2.36. The minimum Gasteiger partial charge on any atom is -0.374 e. The normalized spacial score (nSPS) is 14.3. The number of benzene rings is 1. The van der Waals surface area contributed by atoms with Gasteiger partial charge < -0.3 is 15.5 Å². The van der Waals surface area contributed by atoms with Crippen LogP contribution in [0.25, 0.3) is 0 Å². The van der Waals surface area contributed by atoms with E-state index in [1.807, 2.05) is 6.92 Å². The zero-order valence-electron chi connectivity index (χ0n) is 16.2. The summed E-state index contributed by atoms with van der Waals surface area (Å²) in [6, 6.07) is 6.75. The lowest BCUT2D eigenvalue weighted by molar-refractivity contribution is 0.742. The number of guanidine groups is 1. The molecular weight excluding hydrogens is 342 g/mol. The van der Waals surface area contributed by atoms with Crippen molar-refractivity contribution in [2.24, 2.45) is 4.99 Å². The summed E-state index contributed by atoms with van der Waals surface area (Å²) >= 11 is 1.74. The molecule has 1 aromatic heterocycles. The molecule has 0 fully saturated rings. The van der Waals surface area contributed by atoms with Crippen LogP contribution in [0.5, 0.6) is 0 Å². The molecule has 140 valence electrons. The molecule has 2 heterocycles. The molecule has 26 heavy (non-hydrogen) atoms. The number of aromatic nitrogens is 1. The van der Waals surface area contributed by atoms with Crippen LogP contribution >= 0.6 is 11.3 Å². The van der Waals surface area contributed by atoms with Gasteiger partial charge in [-0.25, -0.2) is 9.98 Å². The number of rotatable bonds is 5. The fraction of sp³-hybridized carbons (Fsp3) is 0.500. The molecule has 0 bridgehead atoms. The third-order valence-corrected chi connectivity index (χ3v) is 5.75. The first-order valence-electron chi connectivity index (χ1n) is 9.35. The van der Waals surface area contributed by atoms with Gasteiger partial charge in [0.15, 0.2) is 5.96 Å². The lowest BCUT2D eigenvalue weighted by Gasteiger charge is -2.27. The van der Waals surface area contributed by atoms with Crippen molar-refractivity contribution in [2.45, 2.75) is 46.7 Å². The summed E-state index contributed by atoms with van der Waals surface area (Å²) in [4.78, 5) is 12.9. The van der Waals surface area contributed by atoms with Crippen LogP contribution in [-0.2, 0) is 19.5 Å². The van der Waals surface area contributed by atoms with Gasteiger partial charge in [0, 0.05) is 30.7 Å². The molecule has 2 N–H and O–H groups in total. The van der Waals surface area contributed by atoms with Crippen LogP contribution in [0.4, 0.5) is 5.69 Å². The molecule has 2 aromatic rings. The maximum absolute atomic E-state index is 4.77. The first-order valence-corrected chi connectivity index (χ1v) is 10.2. The van der Waals surface area contributed by atoms with Gasteiger partial charge in [0.05, 0.1) is 23.8 Å². The molecule has 1 aromatic carbocycles. The second-order valence-electron chi connectivity index (χ2n) is 6.78. The van der Waals surface area contributed by atoms with Gasteiger partial charge in [-0.3, -0.25) is 0 Å². The first kappa shape index (κ1) is 18.7. The Labute approximate surface area is 160 Å². The van der Waals surface area contributed by atoms with E-state index >= 15 is 0 Å². The van der Waals surface area contributed by atoms with Crippen molar-refractivity contribution in [2.75, 3.05) is 25.0 Å². The molecule has 0 radical (unpaired) electrons. The molecule has 0 saturated carbocycles. The van der Waals surface area contributed by atoms with E-state index in [1.54, 1.807) is 11.3 Å². The summed E-state index contributed by atoms with van der Waals surface area (Å²) in [5.74, 6) is 0.854. The summed E-state index contributed by atoms with van der Waals surface area (Å²) in [6.45, 7) is 9.65. The SMILES string of the molecule is CCNC(=NCc1ccc2c(c1)CCCN2C)NCc1sc(C)nc1C. The summed E-state index contributed by atoms with van der Waals surface area (Å²) in [6.07, 6.45) is 2.40. The number of nitrogens with one attached hydrogen (secondary N) is 2. The molecule has 0 aliphatic carbocycles. The van der Waals surface area contributed by atoms with E-state index in [-0.39, 0.29) is 0 Å². The van der Waals surface area contributed by atoms with Crippen LogP contribution in [0.3, 0.4) is 0 Å². The van der Waals surface area contributed by atoms with Gasteiger partial charge in [0.1, 0.15) is 0 Å². The van der Waals surface area contributed by atoms with Crippen LogP contribution in [-0.4, -0.2) is 31.1 Å². The number of hydrogen-bond donors (Lipinski definition) is 2. The van der Waals surface area contributed by atoms with Crippen molar-refractivity contribution < 1.29 is 0 Å². The smallest absolute Gasteiger partial charge is 0.191 e. The summed E-state index contributed by atoms with van der Waals surface area (Å²) < 4.78 is 0. The second kappa shape index (κ2) is 8.54. The third-order valence-electron chi connectivity index (χ3n) is 4.67. The maximum Gasteiger partial charge on any atom is 0.191 e. The van der Waals surface area contributed by atoms with E-state index in [1.165, 1.54) is 34.5 Å². The molecule has 1 aliphatic rings. The fourth-order valence-corrected chi connectivity index (χ4v) is 4.23. The van der Waals surface area contributed by atoms with Crippen LogP contribution in [0.2, 0.25) is 0 Å². The monoisotopic (exact) mass is 371 g/mol. The van der Waals surface area contributed by atoms with Gasteiger partial charge in [0.25, 0.3) is 0 Å². The van der Waals surface area contributed by atoms with Crippen LogP contribution in [0, 0.1) is 13.8 Å². The highest BCUT2D eigenvalue weighted by Gasteiger charge is 2.13. The highest BCUT2D eigenvalue weighted by Crippen LogP contribution is 2.27. The summed E-state index contributed by atoms with van der Waals surface area (Å²) in [5, 5.41) is 7.88. The highest BCUT2D eigenvalue weighted by molar-refractivity contribution is 7.11. The van der Waals surface area contributed by atoms with Gasteiger partial charge in [-0.05, 0) is 50.8 Å². The van der Waals surface area contributed by atoms with Crippen molar-refractivity contribution >= 4 is 23.0 Å². The predicted molar refractivity (Wildman–Crippen MR) is 111 cm³/mol. The number of aliphatic imine (C=N–C) groups is 1. The molecule has 0 spiro atoms. The quantitative estimate of drug-likeness (QED) is 0.625. The molecule has 0 saturated heterocycles. The van der Waals surface area contributed by atoms with E-state index < -0.39 is 0 Å². The fourth-order valence-electron chi connectivity index (χ4n) is 3.35. The topological polar surface area (TPSA) is 52.6 Å². The minimum absolute atomic E-state index is 0.688. The maximum atomic E-state index is 4.77. The lowest BCUT2D eigenvalue weighted by atomic mass is 10.00. The Hall–Kier alpha value is -2.08. The zero-order chi connectivity index (χ0) is 18.5. The number of hydrogen-bond acceptors (Lipinski definition) is 4. The van der Waals surface area contributed by atoms with Crippen molar-refractivity contribution in [3.63, 3.8) is 0 Å². The van der Waals surface area contributed by atoms with E-state index in [0.29, 0.717) is 6.54 Å². The predicted octanol–water partition coefficient (Wildman–Crippen LogP) is 3.40. The van der Waals surface area contributed by atoms with Crippen molar-refractivity contribution in [3.8, 4) is 0 Å². The van der Waals surface area contributed by atoms with E-state index in [2.05, 4.69) is 59.6 Å². The van der Waals surface area contributed by atoms with E-state index in [9.17, 15) is 0 Å². The van der Waals surface area contributed by atoms with Gasteiger partial charge in [-0.1, -0.05) is 12.1 Å². The standard InChI is InChI=1S/C20H29N5S/c1-5-21-20(23-13-19-14(2)24-15(3)26-19)22-12-16-8-9-18-17(11-16)7-6-10-25(18)4/h8-9,11H,5-7,10,12-13H2,1-4H3,(H2,21,22,23). The van der Waals surface area contributed by atoms with Crippen molar-refractivity contribution in [1.82, 2.24) is 15.6 Å². The third kappa shape index (κ3) is 4.55. The summed E-state index contributed by atoms with van der Waals surface area (Å²) in [5.41, 5.74) is 5.18. The Kier molecular flexibility index (Phi) is 6.14. The summed E-state index contributed by atoms with van der Waals surface area (Å²) in [7, 11) is 2.17. The molecule has 0 unspecified atom stereocenters. The molecule has 1 aliphatic heterocycles. The number of anilines is 1. The Balaban J connectivity index is 1.66. The van der Waals surface area contributed by atoms with Crippen LogP contribution < -0.4 is 15.5 Å². The molecule has 3 rings (SSSR count). The Morgan fingerprint density at radius 2 is 2.15 bits per heavy atom. The Bertz CT molecular complexity index is 781. The zero-order valence-corrected chi connectivity index (χ0v) is 17.0. The van der Waals surface area contributed by atoms with Crippen molar-refractivity contribution in [1.29, 1.82) is 0 Å². The molecule has 5 nitrogen and oxygen atoms in total. The minimum atomic E-state index is 0.688. The molecule has 0 amide bonds. The average molecular weight is 372 g/mol. The van der Waals surface area contributed by atoms with Gasteiger partial charge in [0.2, 0.25) is 0 Å². The van der Waals surface area contributed by atoms with Crippen LogP contribution in [0.15, 0.2) is 23.2 Å². The Morgan fingerprint density at radius 1 is 1.31 bits per heavy atom. The second-order valence-corrected chi connectivity index (χ2v) is 8.07. The molecule has 6 heteroatoms. The first-order chi connectivity index (χ1) is 12.6. The average Bonchev–Trinajstić information content (AvgIpc) is 2.95. The molecule has 0 atom stereocenters. The van der Waals surface area contributed by atoms with Gasteiger partial charge in [-0.15, -0.1) is 11.3 Å².